The molecule has 3 aromatic rings. The lowest BCUT2D eigenvalue weighted by Crippen LogP contribution is -2.05. The molecule has 0 radical (unpaired) electrons. The van der Waals surface area contributed by atoms with Gasteiger partial charge in [0.15, 0.2) is 0 Å². The predicted octanol–water partition coefficient (Wildman–Crippen LogP) is 4.62. The van der Waals surface area contributed by atoms with E-state index in [-0.39, 0.29) is 5.69 Å². The van der Waals surface area contributed by atoms with Gasteiger partial charge in [0.1, 0.15) is 5.69 Å². The Labute approximate surface area is 144 Å². The summed E-state index contributed by atoms with van der Waals surface area (Å²) in [5.41, 5.74) is 1.47. The number of hydrogen-bond donors (Lipinski definition) is 1. The highest BCUT2D eigenvalue weighted by atomic mass is 127. The van der Waals surface area contributed by atoms with Gasteiger partial charge >= 0.3 is 5.97 Å². The van der Waals surface area contributed by atoms with Crippen molar-refractivity contribution in [2.75, 3.05) is 0 Å². The van der Waals surface area contributed by atoms with Crippen molar-refractivity contribution in [2.24, 2.45) is 0 Å². The van der Waals surface area contributed by atoms with Crippen molar-refractivity contribution >= 4 is 68.5 Å². The molecule has 0 saturated heterocycles. The van der Waals surface area contributed by atoms with Crippen LogP contribution in [-0.2, 0) is 0 Å². The van der Waals surface area contributed by atoms with Crippen LogP contribution in [0.25, 0.3) is 16.6 Å². The van der Waals surface area contributed by atoms with Crippen LogP contribution in [0.2, 0.25) is 10.0 Å². The third kappa shape index (κ3) is 2.54. The maximum Gasteiger partial charge on any atom is 0.352 e. The molecule has 0 aliphatic rings. The second-order valence-electron chi connectivity index (χ2n) is 4.19. The van der Waals surface area contributed by atoms with E-state index in [1.165, 1.54) is 6.07 Å². The van der Waals surface area contributed by atoms with Gasteiger partial charge in [-0.1, -0.05) is 23.2 Å². The average Bonchev–Trinajstić information content (AvgIpc) is 3.06. The molecule has 1 unspecified atom stereocenters. The molecule has 108 valence electrons. The Morgan fingerprint density at radius 3 is 2.76 bits per heavy atom. The van der Waals surface area contributed by atoms with E-state index in [4.69, 9.17) is 23.2 Å². The second kappa shape index (κ2) is 5.76. The highest BCUT2D eigenvalue weighted by molar-refractivity contribution is 14.2. The maximum atomic E-state index is 11.5. The van der Waals surface area contributed by atoms with Crippen LogP contribution in [0.1, 0.15) is 10.5 Å². The standard InChI is InChI=1S/C12H7Cl2IN3O2P/c13-8-1-2-9-7(11(8)14)3-10(12(19)20)18(9)6-4-16-17(5-6)21-15/h1-5,21H,(H,19,20). The number of hydrogen-bond acceptors (Lipinski definition) is 2. The highest BCUT2D eigenvalue weighted by Crippen LogP contribution is 2.35. The topological polar surface area (TPSA) is 60.0 Å². The van der Waals surface area contributed by atoms with E-state index in [1.807, 2.05) is 0 Å². The summed E-state index contributed by atoms with van der Waals surface area (Å²) >= 11 is 14.4. The number of carboxylic acids is 1. The third-order valence-electron chi connectivity index (χ3n) is 3.01. The fourth-order valence-corrected chi connectivity index (χ4v) is 3.58. The zero-order valence-electron chi connectivity index (χ0n) is 10.2. The van der Waals surface area contributed by atoms with Gasteiger partial charge < -0.3 is 9.67 Å². The summed E-state index contributed by atoms with van der Waals surface area (Å²) in [6, 6.07) is 4.92. The molecule has 0 saturated carbocycles. The second-order valence-corrected chi connectivity index (χ2v) is 7.05. The van der Waals surface area contributed by atoms with Crippen molar-refractivity contribution in [3.8, 4) is 5.69 Å². The lowest BCUT2D eigenvalue weighted by molar-refractivity contribution is 0.0688. The third-order valence-corrected chi connectivity index (χ3v) is 5.72. The molecule has 1 aromatic carbocycles. The Morgan fingerprint density at radius 1 is 1.38 bits per heavy atom. The van der Waals surface area contributed by atoms with Gasteiger partial charge in [-0.2, -0.15) is 5.10 Å². The first kappa shape index (κ1) is 15.1. The molecule has 0 aliphatic heterocycles. The molecular formula is C12H7Cl2IN3O2P. The summed E-state index contributed by atoms with van der Waals surface area (Å²) in [6.07, 6.45) is 3.85. The molecule has 1 N–H and O–H groups in total. The van der Waals surface area contributed by atoms with Crippen molar-refractivity contribution in [2.45, 2.75) is 0 Å². The van der Waals surface area contributed by atoms with E-state index < -0.39 is 5.97 Å². The van der Waals surface area contributed by atoms with Gasteiger partial charge in [0.2, 0.25) is 0 Å². The van der Waals surface area contributed by atoms with E-state index in [2.05, 4.69) is 27.1 Å². The molecule has 1 atom stereocenters. The van der Waals surface area contributed by atoms with Gasteiger partial charge in [-0.25, -0.2) is 9.25 Å². The van der Waals surface area contributed by atoms with Crippen LogP contribution >= 0.6 is 51.6 Å². The molecule has 0 spiro atoms. The summed E-state index contributed by atoms with van der Waals surface area (Å²) in [5, 5.41) is 15.0. The molecule has 21 heavy (non-hydrogen) atoms. The van der Waals surface area contributed by atoms with Crippen molar-refractivity contribution in [1.82, 2.24) is 14.1 Å². The van der Waals surface area contributed by atoms with E-state index in [9.17, 15) is 9.90 Å². The van der Waals surface area contributed by atoms with Gasteiger partial charge in [-0.15, -0.1) is 0 Å². The largest absolute Gasteiger partial charge is 0.477 e. The fraction of sp³-hybridized carbons (Fsp3) is 0. The highest BCUT2D eigenvalue weighted by Gasteiger charge is 2.19. The van der Waals surface area contributed by atoms with E-state index >= 15 is 0 Å². The quantitative estimate of drug-likeness (QED) is 0.465. The smallest absolute Gasteiger partial charge is 0.352 e. The van der Waals surface area contributed by atoms with Crippen LogP contribution in [0.15, 0.2) is 30.6 Å². The molecule has 2 heterocycles. The zero-order valence-corrected chi connectivity index (χ0v) is 14.9. The van der Waals surface area contributed by atoms with Gasteiger partial charge in [0.25, 0.3) is 0 Å². The summed E-state index contributed by atoms with van der Waals surface area (Å²) in [5.74, 6) is -1.04. The molecular weight excluding hydrogens is 447 g/mol. The Balaban J connectivity index is 2.36. The minimum absolute atomic E-state index is 0.116. The van der Waals surface area contributed by atoms with Crippen LogP contribution in [0, 0.1) is 0 Å². The number of aromatic nitrogens is 3. The zero-order chi connectivity index (χ0) is 15.1. The molecule has 0 bridgehead atoms. The first-order chi connectivity index (χ1) is 10.0. The lowest BCUT2D eigenvalue weighted by atomic mass is 10.2. The van der Waals surface area contributed by atoms with Crippen molar-refractivity contribution < 1.29 is 9.90 Å². The molecule has 9 heteroatoms. The summed E-state index contributed by atoms with van der Waals surface area (Å²) in [4.78, 5) is 11.5. The number of carboxylic acid groups (broad SMARTS) is 1. The van der Waals surface area contributed by atoms with Crippen LogP contribution in [0.3, 0.4) is 0 Å². The molecule has 0 amide bonds. The Hall–Kier alpha value is -0.820. The van der Waals surface area contributed by atoms with E-state index in [0.717, 1.165) is 0 Å². The number of nitrogens with zero attached hydrogens (tertiary/aromatic N) is 3. The normalized spacial score (nSPS) is 11.8. The summed E-state index contributed by atoms with van der Waals surface area (Å²) in [6.45, 7) is 0. The fourth-order valence-electron chi connectivity index (χ4n) is 2.13. The lowest BCUT2D eigenvalue weighted by Gasteiger charge is -2.05. The van der Waals surface area contributed by atoms with Crippen molar-refractivity contribution in [3.63, 3.8) is 0 Å². The number of aromatic carboxylic acids is 1. The number of carbonyl (C=O) groups is 1. The molecule has 0 fully saturated rings. The van der Waals surface area contributed by atoms with Crippen LogP contribution < -0.4 is 0 Å². The Morgan fingerprint density at radius 2 is 2.14 bits per heavy atom. The molecule has 3 rings (SSSR count). The van der Waals surface area contributed by atoms with Crippen LogP contribution in [-0.4, -0.2) is 25.2 Å². The Kier molecular flexibility index (Phi) is 4.14. The van der Waals surface area contributed by atoms with E-state index in [1.54, 1.807) is 33.5 Å². The maximum absolute atomic E-state index is 11.5. The predicted molar refractivity (Wildman–Crippen MR) is 93.8 cm³/mol. The number of benzene rings is 1. The molecule has 5 nitrogen and oxygen atoms in total. The first-order valence-electron chi connectivity index (χ1n) is 5.67. The van der Waals surface area contributed by atoms with Crippen molar-refractivity contribution in [1.29, 1.82) is 0 Å². The first-order valence-corrected chi connectivity index (χ1v) is 10.5. The summed E-state index contributed by atoms with van der Waals surface area (Å²) < 4.78 is 3.35. The van der Waals surface area contributed by atoms with Crippen molar-refractivity contribution in [3.05, 3.63) is 46.3 Å². The molecule has 2 aromatic heterocycles. The number of fused-ring (bicyclic) bond motifs is 1. The monoisotopic (exact) mass is 453 g/mol. The minimum Gasteiger partial charge on any atom is -0.477 e. The van der Waals surface area contributed by atoms with E-state index in [0.29, 0.717) is 33.0 Å². The average molecular weight is 454 g/mol. The van der Waals surface area contributed by atoms with Crippen LogP contribution in [0.4, 0.5) is 0 Å². The number of rotatable bonds is 3. The van der Waals surface area contributed by atoms with Gasteiger partial charge in [-0.05, 0) is 40.2 Å². The van der Waals surface area contributed by atoms with Crippen LogP contribution in [0.5, 0.6) is 0 Å². The minimum atomic E-state index is -1.04. The van der Waals surface area contributed by atoms with Gasteiger partial charge in [0.05, 0.1) is 40.0 Å². The van der Waals surface area contributed by atoms with Gasteiger partial charge in [-0.3, -0.25) is 0 Å². The Bertz CT molecular complexity index is 862. The number of halogens is 3. The van der Waals surface area contributed by atoms with Gasteiger partial charge in [0, 0.05) is 5.39 Å². The SMILES string of the molecule is O=C(O)c1cc2c(Cl)c(Cl)ccc2n1-c1cnn(PI)c1. The summed E-state index contributed by atoms with van der Waals surface area (Å²) in [7, 11) is 0. The molecule has 0 aliphatic carbocycles.